The molecule has 2 atom stereocenters. The minimum atomic E-state index is -0.888. The summed E-state index contributed by atoms with van der Waals surface area (Å²) in [7, 11) is 0. The van der Waals surface area contributed by atoms with Crippen LogP contribution in [0.25, 0.3) is 11.3 Å². The van der Waals surface area contributed by atoms with Crippen molar-refractivity contribution >= 4 is 23.4 Å². The Morgan fingerprint density at radius 3 is 2.91 bits per heavy atom. The van der Waals surface area contributed by atoms with Gasteiger partial charge in [-0.1, -0.05) is 12.1 Å². The van der Waals surface area contributed by atoms with Gasteiger partial charge in [0, 0.05) is 23.4 Å². The Kier molecular flexibility index (Phi) is 3.86. The summed E-state index contributed by atoms with van der Waals surface area (Å²) in [5.74, 6) is 0.697. The van der Waals surface area contributed by atoms with Crippen molar-refractivity contribution < 1.29 is 19.2 Å². The van der Waals surface area contributed by atoms with Crippen molar-refractivity contribution in [2.24, 2.45) is 0 Å². The van der Waals surface area contributed by atoms with Gasteiger partial charge in [0.1, 0.15) is 22.9 Å². The quantitative estimate of drug-likeness (QED) is 0.659. The molecule has 2 unspecified atom stereocenters. The second-order valence-electron chi connectivity index (χ2n) is 4.78. The Labute approximate surface area is 129 Å². The van der Waals surface area contributed by atoms with Crippen LogP contribution in [0, 0.1) is 10.1 Å². The van der Waals surface area contributed by atoms with Gasteiger partial charge in [-0.15, -0.1) is 11.8 Å². The molecule has 0 radical (unpaired) electrons. The highest BCUT2D eigenvalue weighted by Gasteiger charge is 2.32. The van der Waals surface area contributed by atoms with Gasteiger partial charge in [-0.05, 0) is 12.1 Å². The fourth-order valence-electron chi connectivity index (χ4n) is 2.20. The number of nitrogens with one attached hydrogen (secondary N) is 1. The van der Waals surface area contributed by atoms with Crippen molar-refractivity contribution in [1.82, 2.24) is 5.32 Å². The van der Waals surface area contributed by atoms with Crippen molar-refractivity contribution in [3.05, 3.63) is 52.3 Å². The van der Waals surface area contributed by atoms with Gasteiger partial charge in [0.25, 0.3) is 5.69 Å². The number of furan rings is 1. The molecule has 7 nitrogen and oxygen atoms in total. The number of hydrogen-bond acceptors (Lipinski definition) is 6. The largest absolute Gasteiger partial charge is 0.480 e. The standard InChI is InChI=1S/C14H12N2O5S/c17-14(18)10-7-22-13(15-10)12-5-4-11(21-12)8-2-1-3-9(6-8)16(19)20/h1-6,10,13,15H,7H2,(H,17,18). The maximum atomic E-state index is 10.9. The minimum Gasteiger partial charge on any atom is -0.480 e. The fraction of sp³-hybridized carbons (Fsp3) is 0.214. The molecular formula is C14H12N2O5S. The lowest BCUT2D eigenvalue weighted by Gasteiger charge is -2.07. The molecule has 1 fully saturated rings. The molecule has 3 rings (SSSR count). The number of thioether (sulfide) groups is 1. The zero-order valence-electron chi connectivity index (χ0n) is 11.3. The van der Waals surface area contributed by atoms with Crippen LogP contribution in [-0.4, -0.2) is 27.8 Å². The van der Waals surface area contributed by atoms with E-state index in [-0.39, 0.29) is 11.1 Å². The molecule has 1 aliphatic heterocycles. The summed E-state index contributed by atoms with van der Waals surface area (Å²) >= 11 is 1.45. The predicted octanol–water partition coefficient (Wildman–Crippen LogP) is 2.64. The Balaban J connectivity index is 1.81. The summed E-state index contributed by atoms with van der Waals surface area (Å²) in [4.78, 5) is 21.3. The number of nitro benzene ring substituents is 1. The number of carboxylic acid groups (broad SMARTS) is 1. The average molecular weight is 320 g/mol. The third-order valence-corrected chi connectivity index (χ3v) is 4.53. The molecule has 22 heavy (non-hydrogen) atoms. The first-order chi connectivity index (χ1) is 10.5. The molecule has 1 saturated heterocycles. The number of carbonyl (C=O) groups is 1. The van der Waals surface area contributed by atoms with Crippen LogP contribution in [0.2, 0.25) is 0 Å². The molecule has 8 heteroatoms. The molecular weight excluding hydrogens is 308 g/mol. The Morgan fingerprint density at radius 1 is 1.41 bits per heavy atom. The van der Waals surface area contributed by atoms with Crippen LogP contribution in [0.4, 0.5) is 5.69 Å². The van der Waals surface area contributed by atoms with E-state index in [9.17, 15) is 14.9 Å². The maximum Gasteiger partial charge on any atom is 0.321 e. The highest BCUT2D eigenvalue weighted by Crippen LogP contribution is 2.36. The van der Waals surface area contributed by atoms with Crippen LogP contribution in [0.3, 0.4) is 0 Å². The monoisotopic (exact) mass is 320 g/mol. The van der Waals surface area contributed by atoms with E-state index in [4.69, 9.17) is 9.52 Å². The second kappa shape index (κ2) is 5.82. The van der Waals surface area contributed by atoms with Crippen LogP contribution in [0.5, 0.6) is 0 Å². The highest BCUT2D eigenvalue weighted by atomic mass is 32.2. The third kappa shape index (κ3) is 2.83. The van der Waals surface area contributed by atoms with Crippen LogP contribution >= 0.6 is 11.8 Å². The van der Waals surface area contributed by atoms with Gasteiger partial charge in [0.2, 0.25) is 0 Å². The number of nitrogens with zero attached hydrogens (tertiary/aromatic N) is 1. The van der Waals surface area contributed by atoms with Gasteiger partial charge in [-0.2, -0.15) is 0 Å². The summed E-state index contributed by atoms with van der Waals surface area (Å²) in [6.07, 6.45) is 0. The van der Waals surface area contributed by atoms with E-state index < -0.39 is 16.9 Å². The Hall–Kier alpha value is -2.32. The summed E-state index contributed by atoms with van der Waals surface area (Å²) in [6.45, 7) is 0. The van der Waals surface area contributed by atoms with E-state index in [2.05, 4.69) is 5.32 Å². The molecule has 0 aliphatic carbocycles. The van der Waals surface area contributed by atoms with Crippen LogP contribution in [0.15, 0.2) is 40.8 Å². The van der Waals surface area contributed by atoms with Crippen LogP contribution < -0.4 is 5.32 Å². The zero-order chi connectivity index (χ0) is 15.7. The predicted molar refractivity (Wildman–Crippen MR) is 80.6 cm³/mol. The normalized spacial score (nSPS) is 20.9. The van der Waals surface area contributed by atoms with E-state index in [1.54, 1.807) is 24.3 Å². The first-order valence-electron chi connectivity index (χ1n) is 6.49. The van der Waals surface area contributed by atoms with E-state index in [0.29, 0.717) is 22.8 Å². The smallest absolute Gasteiger partial charge is 0.321 e. The molecule has 2 heterocycles. The number of non-ortho nitro benzene ring substituents is 1. The molecule has 1 aromatic carbocycles. The number of rotatable bonds is 4. The zero-order valence-corrected chi connectivity index (χ0v) is 12.1. The minimum absolute atomic E-state index is 0.00485. The highest BCUT2D eigenvalue weighted by molar-refractivity contribution is 7.99. The van der Waals surface area contributed by atoms with Crippen LogP contribution in [-0.2, 0) is 4.79 Å². The SMILES string of the molecule is O=C(O)C1CSC(c2ccc(-c3cccc([N+](=O)[O-])c3)o2)N1. The Morgan fingerprint density at radius 2 is 2.23 bits per heavy atom. The molecule has 114 valence electrons. The van der Waals surface area contributed by atoms with Gasteiger partial charge in [0.05, 0.1) is 4.92 Å². The molecule has 2 aromatic rings. The van der Waals surface area contributed by atoms with E-state index in [0.717, 1.165) is 0 Å². The molecule has 1 aromatic heterocycles. The van der Waals surface area contributed by atoms with Crippen molar-refractivity contribution in [1.29, 1.82) is 0 Å². The molecule has 0 amide bonds. The van der Waals surface area contributed by atoms with Gasteiger partial charge < -0.3 is 9.52 Å². The molecule has 0 bridgehead atoms. The van der Waals surface area contributed by atoms with E-state index >= 15 is 0 Å². The average Bonchev–Trinajstić information content (AvgIpc) is 3.16. The van der Waals surface area contributed by atoms with Gasteiger partial charge >= 0.3 is 5.97 Å². The number of carboxylic acids is 1. The van der Waals surface area contributed by atoms with Crippen molar-refractivity contribution in [3.63, 3.8) is 0 Å². The third-order valence-electron chi connectivity index (χ3n) is 3.31. The number of hydrogen-bond donors (Lipinski definition) is 2. The Bertz CT molecular complexity index is 730. The molecule has 2 N–H and O–H groups in total. The van der Waals surface area contributed by atoms with Crippen LogP contribution in [0.1, 0.15) is 11.1 Å². The van der Waals surface area contributed by atoms with Crippen molar-refractivity contribution in [2.75, 3.05) is 5.75 Å². The first kappa shape index (κ1) is 14.6. The summed E-state index contributed by atoms with van der Waals surface area (Å²) < 4.78 is 5.72. The molecule has 0 spiro atoms. The van der Waals surface area contributed by atoms with Crippen molar-refractivity contribution in [3.8, 4) is 11.3 Å². The van der Waals surface area contributed by atoms with Crippen molar-refractivity contribution in [2.45, 2.75) is 11.4 Å². The lowest BCUT2D eigenvalue weighted by Crippen LogP contribution is -2.33. The van der Waals surface area contributed by atoms with E-state index in [1.807, 2.05) is 0 Å². The van der Waals surface area contributed by atoms with Gasteiger partial charge in [0.15, 0.2) is 0 Å². The first-order valence-corrected chi connectivity index (χ1v) is 7.54. The molecule has 1 aliphatic rings. The summed E-state index contributed by atoms with van der Waals surface area (Å²) in [5.41, 5.74) is 0.605. The topological polar surface area (TPSA) is 106 Å². The lowest BCUT2D eigenvalue weighted by atomic mass is 10.1. The van der Waals surface area contributed by atoms with Gasteiger partial charge in [-0.3, -0.25) is 20.2 Å². The second-order valence-corrected chi connectivity index (χ2v) is 5.92. The number of aliphatic carboxylic acids is 1. The molecule has 0 saturated carbocycles. The van der Waals surface area contributed by atoms with Gasteiger partial charge in [-0.25, -0.2) is 0 Å². The maximum absolute atomic E-state index is 10.9. The number of nitro groups is 1. The number of benzene rings is 1. The van der Waals surface area contributed by atoms with E-state index in [1.165, 1.54) is 23.9 Å². The lowest BCUT2D eigenvalue weighted by molar-refractivity contribution is -0.384. The fourth-order valence-corrected chi connectivity index (χ4v) is 3.38. The summed E-state index contributed by atoms with van der Waals surface area (Å²) in [6, 6.07) is 9.07. The summed E-state index contributed by atoms with van der Waals surface area (Å²) in [5, 5.41) is 22.5.